The highest BCUT2D eigenvalue weighted by molar-refractivity contribution is 5.44. The molecule has 41 heavy (non-hydrogen) atoms. The maximum atomic E-state index is 6.19. The van der Waals surface area contributed by atoms with Gasteiger partial charge in [0.05, 0.1) is 19.8 Å². The van der Waals surface area contributed by atoms with E-state index < -0.39 is 0 Å². The van der Waals surface area contributed by atoms with Gasteiger partial charge in [0.2, 0.25) is 0 Å². The molecule has 3 atom stereocenters. The maximum absolute atomic E-state index is 6.19. The van der Waals surface area contributed by atoms with Crippen LogP contribution >= 0.6 is 0 Å². The molecular weight excluding hydrogens is 516 g/mol. The van der Waals surface area contributed by atoms with Crippen LogP contribution in [0, 0.1) is 0 Å². The van der Waals surface area contributed by atoms with Crippen LogP contribution in [0.2, 0.25) is 0 Å². The average molecular weight is 559 g/mol. The summed E-state index contributed by atoms with van der Waals surface area (Å²) in [6, 6.07) is 24.0. The standard InChI is InChI=1S/C35H42O6/c1-34(2,29-14-8-7-12-27(29)19-37-32-22-40-32)17-25-13-9-15-30(28(25)20-38-33-23-41-33)35(3,4)16-24-10-5-6-11-26(24)18-36-31-21-39-31/h5-15,31-33H,16-23H2,1-4H3. The van der Waals surface area contributed by atoms with Crippen LogP contribution in [0.5, 0.6) is 0 Å². The first-order valence-corrected chi connectivity index (χ1v) is 14.7. The van der Waals surface area contributed by atoms with E-state index in [0.717, 1.165) is 12.8 Å². The highest BCUT2D eigenvalue weighted by atomic mass is 16.8. The molecule has 218 valence electrons. The highest BCUT2D eigenvalue weighted by Gasteiger charge is 2.32. The van der Waals surface area contributed by atoms with Crippen molar-refractivity contribution in [1.82, 2.24) is 0 Å². The molecule has 0 N–H and O–H groups in total. The van der Waals surface area contributed by atoms with Crippen LogP contribution in [-0.4, -0.2) is 38.7 Å². The molecule has 3 aliphatic rings. The molecule has 3 fully saturated rings. The highest BCUT2D eigenvalue weighted by Crippen LogP contribution is 2.38. The first kappa shape index (κ1) is 28.5. The average Bonchev–Trinajstić information content (AvgIpc) is 3.80. The van der Waals surface area contributed by atoms with Crippen LogP contribution in [0.25, 0.3) is 0 Å². The van der Waals surface area contributed by atoms with E-state index in [2.05, 4.69) is 94.4 Å². The molecule has 0 aromatic heterocycles. The molecule has 3 heterocycles. The van der Waals surface area contributed by atoms with Crippen molar-refractivity contribution in [3.05, 3.63) is 106 Å². The topological polar surface area (TPSA) is 65.3 Å². The van der Waals surface area contributed by atoms with E-state index in [-0.39, 0.29) is 29.7 Å². The summed E-state index contributed by atoms with van der Waals surface area (Å²) in [5, 5.41) is 0. The van der Waals surface area contributed by atoms with Gasteiger partial charge >= 0.3 is 0 Å². The molecule has 6 nitrogen and oxygen atoms in total. The quantitative estimate of drug-likeness (QED) is 0.203. The largest absolute Gasteiger partial charge is 0.346 e. The predicted octanol–water partition coefficient (Wildman–Crippen LogP) is 6.35. The smallest absolute Gasteiger partial charge is 0.181 e. The number of epoxide rings is 3. The van der Waals surface area contributed by atoms with E-state index >= 15 is 0 Å². The van der Waals surface area contributed by atoms with E-state index in [0.29, 0.717) is 39.6 Å². The van der Waals surface area contributed by atoms with Crippen LogP contribution in [0.3, 0.4) is 0 Å². The molecule has 3 saturated heterocycles. The Kier molecular flexibility index (Phi) is 8.32. The van der Waals surface area contributed by atoms with Gasteiger partial charge in [-0.15, -0.1) is 0 Å². The zero-order valence-electron chi connectivity index (χ0n) is 24.7. The van der Waals surface area contributed by atoms with Crippen LogP contribution in [-0.2, 0) is 71.9 Å². The Morgan fingerprint density at radius 1 is 0.537 bits per heavy atom. The molecule has 0 saturated carbocycles. The van der Waals surface area contributed by atoms with Crippen molar-refractivity contribution in [2.24, 2.45) is 0 Å². The third kappa shape index (κ3) is 7.44. The molecule has 0 spiro atoms. The lowest BCUT2D eigenvalue weighted by Gasteiger charge is -2.33. The van der Waals surface area contributed by atoms with Gasteiger partial charge in [0.25, 0.3) is 0 Å². The minimum atomic E-state index is -0.133. The fraction of sp³-hybridized carbons (Fsp3) is 0.486. The molecule has 3 aromatic carbocycles. The van der Waals surface area contributed by atoms with Gasteiger partial charge in [-0.2, -0.15) is 0 Å². The van der Waals surface area contributed by atoms with E-state index in [1.165, 1.54) is 38.9 Å². The number of benzene rings is 3. The normalized spacial score (nSPS) is 21.6. The zero-order valence-corrected chi connectivity index (χ0v) is 24.7. The first-order valence-electron chi connectivity index (χ1n) is 14.7. The van der Waals surface area contributed by atoms with Gasteiger partial charge in [-0.1, -0.05) is 94.4 Å². The third-order valence-corrected chi connectivity index (χ3v) is 8.30. The lowest BCUT2D eigenvalue weighted by molar-refractivity contribution is 0.0368. The minimum Gasteiger partial charge on any atom is -0.346 e. The lowest BCUT2D eigenvalue weighted by Crippen LogP contribution is -2.27. The number of rotatable bonds is 15. The van der Waals surface area contributed by atoms with Crippen LogP contribution in [0.15, 0.2) is 66.7 Å². The molecule has 0 bridgehead atoms. The predicted molar refractivity (Wildman–Crippen MR) is 156 cm³/mol. The summed E-state index contributed by atoms with van der Waals surface area (Å²) in [5.41, 5.74) is 8.67. The van der Waals surface area contributed by atoms with Crippen molar-refractivity contribution in [2.45, 2.75) is 90.1 Å². The van der Waals surface area contributed by atoms with Gasteiger partial charge in [-0.25, -0.2) is 0 Å². The summed E-state index contributed by atoms with van der Waals surface area (Å²) in [7, 11) is 0. The lowest BCUT2D eigenvalue weighted by atomic mass is 9.72. The van der Waals surface area contributed by atoms with E-state index in [1.54, 1.807) is 0 Å². The SMILES string of the molecule is CC(C)(Cc1cccc(C(C)(C)Cc2ccccc2COC2CO2)c1COC1CO1)c1ccccc1COC1CO1. The summed E-state index contributed by atoms with van der Waals surface area (Å²) in [6.45, 7) is 13.0. The van der Waals surface area contributed by atoms with Crippen molar-refractivity contribution >= 4 is 0 Å². The van der Waals surface area contributed by atoms with Crippen molar-refractivity contribution in [3.63, 3.8) is 0 Å². The van der Waals surface area contributed by atoms with Crippen molar-refractivity contribution in [1.29, 1.82) is 0 Å². The summed E-state index contributed by atoms with van der Waals surface area (Å²) in [6.07, 6.45) is 1.56. The Morgan fingerprint density at radius 2 is 0.976 bits per heavy atom. The molecule has 0 radical (unpaired) electrons. The second kappa shape index (κ2) is 12.0. The number of ether oxygens (including phenoxy) is 6. The fourth-order valence-corrected chi connectivity index (χ4v) is 5.87. The summed E-state index contributed by atoms with van der Waals surface area (Å²) in [5.74, 6) is 0. The third-order valence-electron chi connectivity index (χ3n) is 8.30. The monoisotopic (exact) mass is 558 g/mol. The summed E-state index contributed by atoms with van der Waals surface area (Å²) < 4.78 is 34.0. The van der Waals surface area contributed by atoms with Crippen molar-refractivity contribution in [3.8, 4) is 0 Å². The van der Waals surface area contributed by atoms with Gasteiger partial charge in [0, 0.05) is 0 Å². The Morgan fingerprint density at radius 3 is 1.61 bits per heavy atom. The Hall–Kier alpha value is -2.58. The van der Waals surface area contributed by atoms with Gasteiger partial charge in [0.1, 0.15) is 19.8 Å². The second-order valence-corrected chi connectivity index (χ2v) is 12.7. The van der Waals surface area contributed by atoms with E-state index in [9.17, 15) is 0 Å². The Bertz CT molecular complexity index is 1340. The maximum Gasteiger partial charge on any atom is 0.181 e. The molecule has 3 aliphatic heterocycles. The van der Waals surface area contributed by atoms with Crippen LogP contribution in [0.1, 0.15) is 66.6 Å². The molecule has 6 rings (SSSR count). The van der Waals surface area contributed by atoms with Gasteiger partial charge in [0.15, 0.2) is 18.9 Å². The van der Waals surface area contributed by atoms with Crippen molar-refractivity contribution in [2.75, 3.05) is 19.8 Å². The number of hydrogen-bond acceptors (Lipinski definition) is 6. The Labute approximate surface area is 243 Å². The van der Waals surface area contributed by atoms with Crippen LogP contribution < -0.4 is 0 Å². The Balaban J connectivity index is 1.28. The van der Waals surface area contributed by atoms with Crippen LogP contribution in [0.4, 0.5) is 0 Å². The van der Waals surface area contributed by atoms with Crippen molar-refractivity contribution < 1.29 is 28.4 Å². The molecule has 3 unspecified atom stereocenters. The minimum absolute atomic E-state index is 0.0526. The molecule has 6 heteroatoms. The molecule has 0 amide bonds. The molecule has 0 aliphatic carbocycles. The second-order valence-electron chi connectivity index (χ2n) is 12.7. The van der Waals surface area contributed by atoms with Gasteiger partial charge in [-0.05, 0) is 62.6 Å². The fourth-order valence-electron chi connectivity index (χ4n) is 5.87. The van der Waals surface area contributed by atoms with E-state index in [1.807, 2.05) is 0 Å². The van der Waals surface area contributed by atoms with Gasteiger partial charge in [-0.3, -0.25) is 0 Å². The molecule has 3 aromatic rings. The molecular formula is C35H42O6. The number of hydrogen-bond donors (Lipinski definition) is 0. The van der Waals surface area contributed by atoms with E-state index in [4.69, 9.17) is 28.4 Å². The zero-order chi connectivity index (χ0) is 28.5. The summed E-state index contributed by atoms with van der Waals surface area (Å²) >= 11 is 0. The summed E-state index contributed by atoms with van der Waals surface area (Å²) in [4.78, 5) is 0. The van der Waals surface area contributed by atoms with Gasteiger partial charge < -0.3 is 28.4 Å². The first-order chi connectivity index (χ1) is 19.8.